The first-order valence-electron chi connectivity index (χ1n) is 8.27. The molecule has 0 fully saturated rings. The van der Waals surface area contributed by atoms with E-state index in [1.807, 2.05) is 44.0 Å². The van der Waals surface area contributed by atoms with Gasteiger partial charge in [-0.25, -0.2) is 4.39 Å². The van der Waals surface area contributed by atoms with Gasteiger partial charge in [-0.3, -0.25) is 4.90 Å². The van der Waals surface area contributed by atoms with E-state index >= 15 is 0 Å². The zero-order valence-corrected chi connectivity index (χ0v) is 15.3. The highest BCUT2D eigenvalue weighted by Gasteiger charge is 2.11. The summed E-state index contributed by atoms with van der Waals surface area (Å²) >= 11 is 0. The maximum atomic E-state index is 13.7. The minimum atomic E-state index is -0.631. The van der Waals surface area contributed by atoms with E-state index in [2.05, 4.69) is 6.07 Å². The Morgan fingerprint density at radius 2 is 1.80 bits per heavy atom. The van der Waals surface area contributed by atoms with E-state index < -0.39 is 6.10 Å². The minimum Gasteiger partial charge on any atom is -0.494 e. The maximum Gasteiger partial charge on any atom is 0.165 e. The molecule has 0 amide bonds. The summed E-state index contributed by atoms with van der Waals surface area (Å²) in [4.78, 5) is 1.93. The Hall–Kier alpha value is -2.11. The van der Waals surface area contributed by atoms with Gasteiger partial charge in [0.05, 0.1) is 7.11 Å². The summed E-state index contributed by atoms with van der Waals surface area (Å²) in [5.74, 6) is 0.608. The molecule has 25 heavy (non-hydrogen) atoms. The summed E-state index contributed by atoms with van der Waals surface area (Å²) in [6.07, 6.45) is -0.631. The number of aliphatic hydroxyl groups excluding tert-OH is 1. The van der Waals surface area contributed by atoms with E-state index in [-0.39, 0.29) is 18.2 Å². The number of rotatable bonds is 8. The van der Waals surface area contributed by atoms with Gasteiger partial charge in [0.2, 0.25) is 0 Å². The number of hydrogen-bond acceptors (Lipinski definition) is 4. The number of methoxy groups -OCH3 is 1. The fourth-order valence-electron chi connectivity index (χ4n) is 2.81. The Kier molecular flexibility index (Phi) is 6.79. The van der Waals surface area contributed by atoms with Gasteiger partial charge in [-0.05, 0) is 61.9 Å². The van der Waals surface area contributed by atoms with Crippen molar-refractivity contribution in [2.45, 2.75) is 26.5 Å². The Balaban J connectivity index is 1.83. The van der Waals surface area contributed by atoms with Crippen molar-refractivity contribution in [2.24, 2.45) is 0 Å². The van der Waals surface area contributed by atoms with Crippen LogP contribution >= 0.6 is 0 Å². The Morgan fingerprint density at radius 3 is 2.40 bits per heavy atom. The molecule has 0 radical (unpaired) electrons. The topological polar surface area (TPSA) is 41.9 Å². The van der Waals surface area contributed by atoms with Gasteiger partial charge >= 0.3 is 0 Å². The van der Waals surface area contributed by atoms with Crippen LogP contribution in [0.1, 0.15) is 16.7 Å². The van der Waals surface area contributed by atoms with Crippen LogP contribution < -0.4 is 9.47 Å². The molecule has 2 aromatic carbocycles. The summed E-state index contributed by atoms with van der Waals surface area (Å²) in [6, 6.07) is 10.8. The fourth-order valence-corrected chi connectivity index (χ4v) is 2.81. The van der Waals surface area contributed by atoms with Crippen LogP contribution in [0.2, 0.25) is 0 Å². The van der Waals surface area contributed by atoms with Crippen molar-refractivity contribution >= 4 is 0 Å². The van der Waals surface area contributed by atoms with Gasteiger partial charge in [0.1, 0.15) is 18.5 Å². The largest absolute Gasteiger partial charge is 0.494 e. The molecular weight excluding hydrogens is 321 g/mol. The lowest BCUT2D eigenvalue weighted by molar-refractivity contribution is 0.0743. The van der Waals surface area contributed by atoms with Crippen LogP contribution in [0.4, 0.5) is 4.39 Å². The van der Waals surface area contributed by atoms with Gasteiger partial charge in [-0.2, -0.15) is 0 Å². The molecule has 4 nitrogen and oxygen atoms in total. The molecule has 0 bridgehead atoms. The van der Waals surface area contributed by atoms with Crippen molar-refractivity contribution in [3.63, 3.8) is 0 Å². The van der Waals surface area contributed by atoms with Crippen molar-refractivity contribution in [3.8, 4) is 11.5 Å². The molecule has 2 rings (SSSR count). The molecule has 2 aromatic rings. The smallest absolute Gasteiger partial charge is 0.165 e. The first-order valence-corrected chi connectivity index (χ1v) is 8.27. The quantitative estimate of drug-likeness (QED) is 0.795. The van der Waals surface area contributed by atoms with Crippen molar-refractivity contribution in [1.82, 2.24) is 4.90 Å². The van der Waals surface area contributed by atoms with Crippen LogP contribution in [-0.4, -0.2) is 43.4 Å². The number of nitrogens with zero attached hydrogens (tertiary/aromatic N) is 1. The van der Waals surface area contributed by atoms with E-state index in [9.17, 15) is 9.50 Å². The highest BCUT2D eigenvalue weighted by Crippen LogP contribution is 2.19. The van der Waals surface area contributed by atoms with Crippen LogP contribution in [0.3, 0.4) is 0 Å². The number of aryl methyl sites for hydroxylation is 2. The Labute approximate surface area is 148 Å². The SMILES string of the molecule is COc1ccc(CN(C)CC(O)COc2cc(C)cc(C)c2)cc1F. The van der Waals surface area contributed by atoms with Gasteiger partial charge in [0.25, 0.3) is 0 Å². The van der Waals surface area contributed by atoms with E-state index in [0.717, 1.165) is 22.4 Å². The summed E-state index contributed by atoms with van der Waals surface area (Å²) < 4.78 is 24.3. The first-order chi connectivity index (χ1) is 11.9. The van der Waals surface area contributed by atoms with Crippen molar-refractivity contribution < 1.29 is 19.0 Å². The average Bonchev–Trinajstić information content (AvgIpc) is 2.52. The molecule has 0 aliphatic rings. The fraction of sp³-hybridized carbons (Fsp3) is 0.400. The summed E-state index contributed by atoms with van der Waals surface area (Å²) in [7, 11) is 3.32. The van der Waals surface area contributed by atoms with E-state index in [1.165, 1.54) is 13.2 Å². The highest BCUT2D eigenvalue weighted by molar-refractivity contribution is 5.33. The van der Waals surface area contributed by atoms with Gasteiger partial charge in [0, 0.05) is 13.1 Å². The highest BCUT2D eigenvalue weighted by atomic mass is 19.1. The molecule has 0 heterocycles. The third kappa shape index (κ3) is 6.03. The second kappa shape index (κ2) is 8.83. The number of benzene rings is 2. The van der Waals surface area contributed by atoms with Crippen molar-refractivity contribution in [2.75, 3.05) is 27.3 Å². The van der Waals surface area contributed by atoms with Gasteiger partial charge in [-0.1, -0.05) is 12.1 Å². The lowest BCUT2D eigenvalue weighted by Crippen LogP contribution is -2.32. The lowest BCUT2D eigenvalue weighted by Gasteiger charge is -2.21. The zero-order valence-electron chi connectivity index (χ0n) is 15.3. The standard InChI is InChI=1S/C20H26FNO3/c1-14-7-15(2)9-18(8-14)25-13-17(23)12-22(3)11-16-5-6-20(24-4)19(21)10-16/h5-10,17,23H,11-13H2,1-4H3. The number of halogens is 1. The second-order valence-corrected chi connectivity index (χ2v) is 6.45. The first kappa shape index (κ1) is 19.2. The third-order valence-electron chi connectivity index (χ3n) is 3.83. The van der Waals surface area contributed by atoms with E-state index in [0.29, 0.717) is 13.1 Å². The number of aliphatic hydroxyl groups is 1. The van der Waals surface area contributed by atoms with Crippen molar-refractivity contribution in [3.05, 3.63) is 58.9 Å². The number of ether oxygens (including phenoxy) is 2. The van der Waals surface area contributed by atoms with Gasteiger partial charge in [-0.15, -0.1) is 0 Å². The molecule has 0 aliphatic carbocycles. The number of hydrogen-bond donors (Lipinski definition) is 1. The molecule has 0 aliphatic heterocycles. The van der Waals surface area contributed by atoms with Crippen LogP contribution in [0.5, 0.6) is 11.5 Å². The van der Waals surface area contributed by atoms with Gasteiger partial charge < -0.3 is 14.6 Å². The molecule has 1 unspecified atom stereocenters. The normalized spacial score (nSPS) is 12.3. The molecule has 136 valence electrons. The predicted octanol–water partition coefficient (Wildman–Crippen LogP) is 3.32. The molecule has 1 N–H and O–H groups in total. The van der Waals surface area contributed by atoms with Crippen LogP contribution in [-0.2, 0) is 6.54 Å². The van der Waals surface area contributed by atoms with Crippen LogP contribution in [0.15, 0.2) is 36.4 Å². The lowest BCUT2D eigenvalue weighted by atomic mass is 10.1. The minimum absolute atomic E-state index is 0.213. The summed E-state index contributed by atoms with van der Waals surface area (Å²) in [5, 5.41) is 10.2. The molecule has 0 saturated carbocycles. The number of likely N-dealkylation sites (N-methyl/N-ethyl adjacent to an activating group) is 1. The molecule has 1 atom stereocenters. The molecule has 5 heteroatoms. The van der Waals surface area contributed by atoms with E-state index in [4.69, 9.17) is 9.47 Å². The zero-order chi connectivity index (χ0) is 18.4. The molecule has 0 spiro atoms. The summed E-state index contributed by atoms with van der Waals surface area (Å²) in [5.41, 5.74) is 3.08. The monoisotopic (exact) mass is 347 g/mol. The third-order valence-corrected chi connectivity index (χ3v) is 3.83. The van der Waals surface area contributed by atoms with E-state index in [1.54, 1.807) is 6.07 Å². The second-order valence-electron chi connectivity index (χ2n) is 6.45. The molecule has 0 aromatic heterocycles. The predicted molar refractivity (Wildman–Crippen MR) is 96.7 cm³/mol. The Morgan fingerprint density at radius 1 is 1.12 bits per heavy atom. The summed E-state index contributed by atoms with van der Waals surface area (Å²) in [6.45, 7) is 5.19. The van der Waals surface area contributed by atoms with Crippen LogP contribution in [0.25, 0.3) is 0 Å². The average molecular weight is 347 g/mol. The van der Waals surface area contributed by atoms with Crippen LogP contribution in [0, 0.1) is 19.7 Å². The van der Waals surface area contributed by atoms with Gasteiger partial charge in [0.15, 0.2) is 11.6 Å². The molecule has 0 saturated heterocycles. The van der Waals surface area contributed by atoms with Crippen molar-refractivity contribution in [1.29, 1.82) is 0 Å². The molecular formula is C20H26FNO3. The Bertz CT molecular complexity index is 685. The maximum absolute atomic E-state index is 13.7.